The van der Waals surface area contributed by atoms with Gasteiger partial charge in [-0.1, -0.05) is 6.92 Å². The Hall–Kier alpha value is -1.79. The maximum atomic E-state index is 10.7. The average Bonchev–Trinajstić information content (AvgIpc) is 2.49. The van der Waals surface area contributed by atoms with E-state index in [9.17, 15) is 9.90 Å². The summed E-state index contributed by atoms with van der Waals surface area (Å²) in [5.74, 6) is 0.264. The molecule has 0 aliphatic heterocycles. The quantitative estimate of drug-likeness (QED) is 0.641. The van der Waals surface area contributed by atoms with Gasteiger partial charge in [-0.2, -0.15) is 0 Å². The lowest BCUT2D eigenvalue weighted by Gasteiger charge is -2.25. The summed E-state index contributed by atoms with van der Waals surface area (Å²) >= 11 is 0. The summed E-state index contributed by atoms with van der Waals surface area (Å²) < 4.78 is 10.4. The normalized spacial score (nSPS) is 13.5. The molecule has 6 heteroatoms. The molecular weight excluding hydrogens is 274 g/mol. The van der Waals surface area contributed by atoms with Gasteiger partial charge in [0, 0.05) is 24.1 Å². The van der Waals surface area contributed by atoms with Crippen molar-refractivity contribution in [3.63, 3.8) is 0 Å². The van der Waals surface area contributed by atoms with Gasteiger partial charge < -0.3 is 25.0 Å². The summed E-state index contributed by atoms with van der Waals surface area (Å²) in [6.07, 6.45) is -0.530. The monoisotopic (exact) mass is 297 g/mol. The maximum absolute atomic E-state index is 10.7. The van der Waals surface area contributed by atoms with E-state index in [0.29, 0.717) is 30.0 Å². The SMILES string of the molecule is CCNC(CCC(=O)O)C(O)c1ccc(OC)cc1OC. The average molecular weight is 297 g/mol. The van der Waals surface area contributed by atoms with E-state index in [1.807, 2.05) is 6.92 Å². The highest BCUT2D eigenvalue weighted by Gasteiger charge is 2.24. The van der Waals surface area contributed by atoms with Gasteiger partial charge in [-0.3, -0.25) is 4.79 Å². The second-order valence-corrected chi connectivity index (χ2v) is 4.65. The molecule has 0 heterocycles. The topological polar surface area (TPSA) is 88.0 Å². The number of aliphatic hydroxyl groups excluding tert-OH is 1. The highest BCUT2D eigenvalue weighted by Crippen LogP contribution is 2.32. The number of carboxylic acids is 1. The smallest absolute Gasteiger partial charge is 0.303 e. The zero-order valence-corrected chi connectivity index (χ0v) is 12.6. The van der Waals surface area contributed by atoms with Crippen LogP contribution in [-0.2, 0) is 4.79 Å². The molecule has 21 heavy (non-hydrogen) atoms. The van der Waals surface area contributed by atoms with Gasteiger partial charge in [-0.05, 0) is 25.1 Å². The van der Waals surface area contributed by atoms with Crippen molar-refractivity contribution >= 4 is 5.97 Å². The molecule has 0 aliphatic rings. The lowest BCUT2D eigenvalue weighted by molar-refractivity contribution is -0.137. The minimum absolute atomic E-state index is 0.00675. The molecule has 118 valence electrons. The van der Waals surface area contributed by atoms with Crippen LogP contribution >= 0.6 is 0 Å². The Kier molecular flexibility index (Phi) is 6.98. The molecule has 1 aromatic rings. The van der Waals surface area contributed by atoms with Gasteiger partial charge in [0.2, 0.25) is 0 Å². The Labute approximate surface area is 124 Å². The predicted octanol–water partition coefficient (Wildman–Crippen LogP) is 1.58. The van der Waals surface area contributed by atoms with Crippen LogP contribution in [0.2, 0.25) is 0 Å². The van der Waals surface area contributed by atoms with Crippen molar-refractivity contribution < 1.29 is 24.5 Å². The molecule has 0 saturated heterocycles. The molecule has 3 N–H and O–H groups in total. The van der Waals surface area contributed by atoms with Crippen LogP contribution in [0.3, 0.4) is 0 Å². The van der Waals surface area contributed by atoms with Gasteiger partial charge >= 0.3 is 5.97 Å². The number of ether oxygens (including phenoxy) is 2. The number of rotatable bonds is 9. The summed E-state index contributed by atoms with van der Waals surface area (Å²) in [4.78, 5) is 10.7. The molecule has 0 aliphatic carbocycles. The van der Waals surface area contributed by atoms with E-state index in [-0.39, 0.29) is 12.5 Å². The third kappa shape index (κ3) is 4.91. The molecule has 0 aromatic heterocycles. The zero-order valence-electron chi connectivity index (χ0n) is 12.6. The maximum Gasteiger partial charge on any atom is 0.303 e. The minimum atomic E-state index is -0.883. The lowest BCUT2D eigenvalue weighted by atomic mass is 9.97. The van der Waals surface area contributed by atoms with E-state index >= 15 is 0 Å². The van der Waals surface area contributed by atoms with Gasteiger partial charge in [0.15, 0.2) is 0 Å². The first kappa shape index (κ1) is 17.3. The molecule has 0 fully saturated rings. The Balaban J connectivity index is 2.96. The third-order valence-electron chi connectivity index (χ3n) is 3.28. The second kappa shape index (κ2) is 8.49. The van der Waals surface area contributed by atoms with Crippen molar-refractivity contribution in [2.24, 2.45) is 0 Å². The molecule has 0 radical (unpaired) electrons. The largest absolute Gasteiger partial charge is 0.497 e. The number of benzene rings is 1. The van der Waals surface area contributed by atoms with Crippen molar-refractivity contribution in [3.05, 3.63) is 23.8 Å². The lowest BCUT2D eigenvalue weighted by Crippen LogP contribution is -2.35. The molecule has 2 unspecified atom stereocenters. The molecule has 1 aromatic carbocycles. The van der Waals surface area contributed by atoms with E-state index in [4.69, 9.17) is 14.6 Å². The molecule has 0 bridgehead atoms. The van der Waals surface area contributed by atoms with Crippen molar-refractivity contribution in [2.75, 3.05) is 20.8 Å². The first-order valence-corrected chi connectivity index (χ1v) is 6.88. The van der Waals surface area contributed by atoms with E-state index in [2.05, 4.69) is 5.32 Å². The fourth-order valence-electron chi connectivity index (χ4n) is 2.19. The van der Waals surface area contributed by atoms with Crippen LogP contribution in [0, 0.1) is 0 Å². The van der Waals surface area contributed by atoms with Crippen LogP contribution in [0.1, 0.15) is 31.4 Å². The molecule has 0 spiro atoms. The van der Waals surface area contributed by atoms with Crippen molar-refractivity contribution in [3.8, 4) is 11.5 Å². The number of carbonyl (C=O) groups is 1. The molecular formula is C15H23NO5. The number of likely N-dealkylation sites (N-methyl/N-ethyl adjacent to an activating group) is 1. The summed E-state index contributed by atoms with van der Waals surface area (Å²) in [5.41, 5.74) is 0.606. The summed E-state index contributed by atoms with van der Waals surface area (Å²) in [7, 11) is 3.07. The Morgan fingerprint density at radius 2 is 2.05 bits per heavy atom. The summed E-state index contributed by atoms with van der Waals surface area (Å²) in [6, 6.07) is 4.81. The van der Waals surface area contributed by atoms with Crippen molar-refractivity contribution in [2.45, 2.75) is 31.9 Å². The molecule has 1 rings (SSSR count). The van der Waals surface area contributed by atoms with E-state index < -0.39 is 12.1 Å². The second-order valence-electron chi connectivity index (χ2n) is 4.65. The number of aliphatic hydroxyl groups is 1. The third-order valence-corrected chi connectivity index (χ3v) is 3.28. The van der Waals surface area contributed by atoms with E-state index in [0.717, 1.165) is 0 Å². The first-order chi connectivity index (χ1) is 10.0. The number of methoxy groups -OCH3 is 2. The van der Waals surface area contributed by atoms with Crippen molar-refractivity contribution in [1.82, 2.24) is 5.32 Å². The molecule has 0 amide bonds. The number of carboxylic acid groups (broad SMARTS) is 1. The molecule has 6 nitrogen and oxygen atoms in total. The zero-order chi connectivity index (χ0) is 15.8. The van der Waals surface area contributed by atoms with E-state index in [1.54, 1.807) is 25.3 Å². The highest BCUT2D eigenvalue weighted by atomic mass is 16.5. The van der Waals surface area contributed by atoms with Crippen LogP contribution in [-0.4, -0.2) is 43.0 Å². The van der Waals surface area contributed by atoms with Gasteiger partial charge in [0.25, 0.3) is 0 Å². The van der Waals surface area contributed by atoms with Crippen LogP contribution < -0.4 is 14.8 Å². The van der Waals surface area contributed by atoms with Crippen LogP contribution in [0.4, 0.5) is 0 Å². The van der Waals surface area contributed by atoms with Crippen molar-refractivity contribution in [1.29, 1.82) is 0 Å². The molecule has 0 saturated carbocycles. The van der Waals surface area contributed by atoms with Crippen LogP contribution in [0.25, 0.3) is 0 Å². The van der Waals surface area contributed by atoms with Gasteiger partial charge in [-0.15, -0.1) is 0 Å². The summed E-state index contributed by atoms with van der Waals surface area (Å²) in [5, 5.41) is 22.4. The van der Waals surface area contributed by atoms with Crippen LogP contribution in [0.15, 0.2) is 18.2 Å². The Morgan fingerprint density at radius 1 is 1.33 bits per heavy atom. The highest BCUT2D eigenvalue weighted by molar-refractivity contribution is 5.66. The predicted molar refractivity (Wildman–Crippen MR) is 78.8 cm³/mol. The molecule has 2 atom stereocenters. The number of aliphatic carboxylic acids is 1. The number of hydrogen-bond donors (Lipinski definition) is 3. The Morgan fingerprint density at radius 3 is 2.57 bits per heavy atom. The fraction of sp³-hybridized carbons (Fsp3) is 0.533. The fourth-order valence-corrected chi connectivity index (χ4v) is 2.19. The van der Waals surface area contributed by atoms with E-state index in [1.165, 1.54) is 7.11 Å². The minimum Gasteiger partial charge on any atom is -0.497 e. The van der Waals surface area contributed by atoms with Gasteiger partial charge in [-0.25, -0.2) is 0 Å². The van der Waals surface area contributed by atoms with Gasteiger partial charge in [0.1, 0.15) is 11.5 Å². The van der Waals surface area contributed by atoms with Gasteiger partial charge in [0.05, 0.1) is 20.3 Å². The Bertz CT molecular complexity index is 463. The van der Waals surface area contributed by atoms with Crippen LogP contribution in [0.5, 0.6) is 11.5 Å². The number of nitrogens with one attached hydrogen (secondary N) is 1. The number of hydrogen-bond acceptors (Lipinski definition) is 5. The first-order valence-electron chi connectivity index (χ1n) is 6.88. The summed E-state index contributed by atoms with van der Waals surface area (Å²) in [6.45, 7) is 2.55. The standard InChI is InChI=1S/C15H23NO5/c1-4-16-12(7-8-14(17)18)15(19)11-6-5-10(20-2)9-13(11)21-3/h5-6,9,12,15-16,19H,4,7-8H2,1-3H3,(H,17,18).